The van der Waals surface area contributed by atoms with Crippen LogP contribution in [0.1, 0.15) is 53.6 Å². The van der Waals surface area contributed by atoms with Crippen LogP contribution < -0.4 is 5.32 Å². The van der Waals surface area contributed by atoms with Crippen LogP contribution in [0.25, 0.3) is 29.1 Å². The van der Waals surface area contributed by atoms with Gasteiger partial charge in [0.2, 0.25) is 5.91 Å². The van der Waals surface area contributed by atoms with Crippen LogP contribution in [0, 0.1) is 0 Å². The summed E-state index contributed by atoms with van der Waals surface area (Å²) in [5, 5.41) is 11.5. The van der Waals surface area contributed by atoms with Crippen LogP contribution in [-0.4, -0.2) is 58.4 Å². The Hall–Kier alpha value is -4.70. The van der Waals surface area contributed by atoms with Crippen LogP contribution in [0.4, 0.5) is 13.2 Å². The second-order valence-electron chi connectivity index (χ2n) is 11.9. The van der Waals surface area contributed by atoms with Crippen molar-refractivity contribution in [3.63, 3.8) is 0 Å². The summed E-state index contributed by atoms with van der Waals surface area (Å²) in [6.07, 6.45) is 1.60. The molecule has 0 spiro atoms. The highest BCUT2D eigenvalue weighted by atomic mass is 19.4. The van der Waals surface area contributed by atoms with Crippen molar-refractivity contribution in [1.29, 1.82) is 0 Å². The average molecular weight is 615 g/mol. The van der Waals surface area contributed by atoms with Crippen molar-refractivity contribution in [2.45, 2.75) is 44.0 Å². The predicted octanol–water partition coefficient (Wildman–Crippen LogP) is 6.49. The van der Waals surface area contributed by atoms with E-state index in [0.29, 0.717) is 39.0 Å². The maximum atomic E-state index is 12.6. The molecule has 0 bridgehead atoms. The lowest BCUT2D eigenvalue weighted by atomic mass is 9.92. The van der Waals surface area contributed by atoms with E-state index in [1.54, 1.807) is 6.92 Å². The number of esters is 1. The molecule has 1 amide bonds. The SMILES string of the molecule is CC1(OC(=O)C(F)(F)F)CCN(Cc2ccc(/C=C/c3n[nH]c4cc(/C=C5/C(=O)NCC5c5ccccc5)ccc34)cc2)CC1. The topological polar surface area (TPSA) is 87.3 Å². The number of amides is 1. The molecule has 10 heteroatoms. The average Bonchev–Trinajstić information content (AvgIpc) is 3.60. The second-order valence-corrected chi connectivity index (χ2v) is 11.9. The molecular weight excluding hydrogens is 581 g/mol. The molecule has 2 N–H and O–H groups in total. The van der Waals surface area contributed by atoms with E-state index in [-0.39, 0.29) is 11.8 Å². The number of aromatic nitrogens is 2. The minimum atomic E-state index is -4.98. The number of hydrogen-bond acceptors (Lipinski definition) is 5. The van der Waals surface area contributed by atoms with Gasteiger partial charge < -0.3 is 10.1 Å². The van der Waals surface area contributed by atoms with Crippen molar-refractivity contribution in [1.82, 2.24) is 20.4 Å². The second kappa shape index (κ2) is 12.4. The minimum Gasteiger partial charge on any atom is -0.453 e. The van der Waals surface area contributed by atoms with Gasteiger partial charge >= 0.3 is 12.1 Å². The summed E-state index contributed by atoms with van der Waals surface area (Å²) >= 11 is 0. The molecule has 232 valence electrons. The number of nitrogens with one attached hydrogen (secondary N) is 2. The highest BCUT2D eigenvalue weighted by molar-refractivity contribution is 6.02. The number of hydrogen-bond donors (Lipinski definition) is 2. The molecule has 7 nitrogen and oxygen atoms in total. The van der Waals surface area contributed by atoms with Gasteiger partial charge in [0, 0.05) is 43.1 Å². The standard InChI is InChI=1S/C35H33F3N4O3/c1-34(45-33(44)35(36,37)38)15-17-42(18-16-34)22-24-9-7-23(8-10-24)12-14-30-27-13-11-25(20-31(27)41-40-30)19-28-29(21-39-32(28)43)26-5-3-2-4-6-26/h2-14,19-20,29H,15-18,21-22H2,1H3,(H,39,43)(H,40,41)/b14-12+,28-19+. The van der Waals surface area contributed by atoms with E-state index < -0.39 is 17.7 Å². The first-order valence-corrected chi connectivity index (χ1v) is 14.9. The number of H-pyrrole nitrogens is 1. The van der Waals surface area contributed by atoms with E-state index >= 15 is 0 Å². The molecular formula is C35H33F3N4O3. The largest absolute Gasteiger partial charge is 0.490 e. The summed E-state index contributed by atoms with van der Waals surface area (Å²) in [6.45, 7) is 3.88. The molecule has 2 saturated heterocycles. The van der Waals surface area contributed by atoms with E-state index in [1.807, 2.05) is 91.0 Å². The molecule has 6 rings (SSSR count). The number of likely N-dealkylation sites (tertiary alicyclic amines) is 1. The Morgan fingerprint density at radius 2 is 1.73 bits per heavy atom. The normalized spacial score (nSPS) is 19.8. The Kier molecular flexibility index (Phi) is 8.33. The van der Waals surface area contributed by atoms with Gasteiger partial charge in [-0.05, 0) is 66.3 Å². The summed E-state index contributed by atoms with van der Waals surface area (Å²) in [4.78, 5) is 26.0. The van der Waals surface area contributed by atoms with Gasteiger partial charge in [-0.2, -0.15) is 18.3 Å². The zero-order valence-electron chi connectivity index (χ0n) is 24.7. The maximum Gasteiger partial charge on any atom is 0.490 e. The van der Waals surface area contributed by atoms with Gasteiger partial charge in [-0.3, -0.25) is 14.8 Å². The lowest BCUT2D eigenvalue weighted by molar-refractivity contribution is -0.216. The lowest BCUT2D eigenvalue weighted by Crippen LogP contribution is -2.46. The molecule has 2 aliphatic rings. The fourth-order valence-corrected chi connectivity index (χ4v) is 5.90. The molecule has 1 aromatic heterocycles. The molecule has 3 heterocycles. The number of ether oxygens (including phenoxy) is 1. The molecule has 0 radical (unpaired) electrons. The Morgan fingerprint density at radius 1 is 1.02 bits per heavy atom. The molecule has 0 aliphatic carbocycles. The zero-order chi connectivity index (χ0) is 31.6. The highest BCUT2D eigenvalue weighted by Crippen LogP contribution is 2.32. The number of carbonyl (C=O) groups is 2. The van der Waals surface area contributed by atoms with Crippen molar-refractivity contribution in [2.75, 3.05) is 19.6 Å². The third-order valence-electron chi connectivity index (χ3n) is 8.55. The van der Waals surface area contributed by atoms with Crippen LogP contribution in [0.5, 0.6) is 0 Å². The van der Waals surface area contributed by atoms with Gasteiger partial charge in [-0.1, -0.05) is 66.7 Å². The van der Waals surface area contributed by atoms with Crippen molar-refractivity contribution < 1.29 is 27.5 Å². The van der Waals surface area contributed by atoms with Gasteiger partial charge in [-0.25, -0.2) is 4.79 Å². The Bertz CT molecular complexity index is 1750. The third kappa shape index (κ3) is 7.01. The molecule has 1 unspecified atom stereocenters. The monoisotopic (exact) mass is 614 g/mol. The number of nitrogens with zero attached hydrogens (tertiary/aromatic N) is 2. The van der Waals surface area contributed by atoms with Crippen molar-refractivity contribution in [3.8, 4) is 0 Å². The van der Waals surface area contributed by atoms with Crippen molar-refractivity contribution in [2.24, 2.45) is 0 Å². The molecule has 4 aromatic rings. The summed E-state index contributed by atoms with van der Waals surface area (Å²) in [5.41, 5.74) is 5.43. The van der Waals surface area contributed by atoms with E-state index in [9.17, 15) is 22.8 Å². The summed E-state index contributed by atoms with van der Waals surface area (Å²) < 4.78 is 42.6. The van der Waals surface area contributed by atoms with Gasteiger partial charge in [0.05, 0.1) is 11.2 Å². The van der Waals surface area contributed by atoms with Gasteiger partial charge in [0.1, 0.15) is 5.60 Å². The summed E-state index contributed by atoms with van der Waals surface area (Å²) in [6, 6.07) is 24.1. The molecule has 1 atom stereocenters. The number of alkyl halides is 3. The van der Waals surface area contributed by atoms with Crippen molar-refractivity contribution >= 4 is 41.0 Å². The van der Waals surface area contributed by atoms with E-state index in [2.05, 4.69) is 20.4 Å². The van der Waals surface area contributed by atoms with Gasteiger partial charge in [-0.15, -0.1) is 0 Å². The quantitative estimate of drug-likeness (QED) is 0.184. The third-order valence-corrected chi connectivity index (χ3v) is 8.55. The van der Waals surface area contributed by atoms with Crippen molar-refractivity contribution in [3.05, 3.63) is 106 Å². The fraction of sp³-hybridized carbons (Fsp3) is 0.286. The van der Waals surface area contributed by atoms with E-state index in [4.69, 9.17) is 4.74 Å². The first-order valence-electron chi connectivity index (χ1n) is 14.9. The van der Waals surface area contributed by atoms with Gasteiger partial charge in [0.25, 0.3) is 0 Å². The van der Waals surface area contributed by atoms with Crippen LogP contribution >= 0.6 is 0 Å². The minimum absolute atomic E-state index is 0.00916. The fourth-order valence-electron chi connectivity index (χ4n) is 5.90. The number of piperidine rings is 1. The zero-order valence-corrected chi connectivity index (χ0v) is 24.7. The number of carbonyl (C=O) groups excluding carboxylic acids is 2. The molecule has 45 heavy (non-hydrogen) atoms. The lowest BCUT2D eigenvalue weighted by Gasteiger charge is -2.38. The first kappa shape index (κ1) is 30.3. The maximum absolute atomic E-state index is 12.6. The van der Waals surface area contributed by atoms with E-state index in [1.165, 1.54) is 0 Å². The number of halogens is 3. The Labute approximate surface area is 258 Å². The smallest absolute Gasteiger partial charge is 0.453 e. The molecule has 0 saturated carbocycles. The van der Waals surface area contributed by atoms with Gasteiger partial charge in [0.15, 0.2) is 0 Å². The number of aromatic amines is 1. The number of fused-ring (bicyclic) bond motifs is 1. The van der Waals surface area contributed by atoms with Crippen LogP contribution in [0.2, 0.25) is 0 Å². The highest BCUT2D eigenvalue weighted by Gasteiger charge is 2.45. The van der Waals surface area contributed by atoms with Crippen LogP contribution in [-0.2, 0) is 20.9 Å². The molecule has 2 fully saturated rings. The number of benzene rings is 3. The Morgan fingerprint density at radius 3 is 2.44 bits per heavy atom. The summed E-state index contributed by atoms with van der Waals surface area (Å²) in [5.74, 6) is -2.16. The van der Waals surface area contributed by atoms with Crippen LogP contribution in [0.3, 0.4) is 0 Å². The number of rotatable bonds is 7. The predicted molar refractivity (Wildman–Crippen MR) is 167 cm³/mol. The Balaban J connectivity index is 1.07. The first-order chi connectivity index (χ1) is 21.6. The van der Waals surface area contributed by atoms with E-state index in [0.717, 1.165) is 44.4 Å². The van der Waals surface area contributed by atoms with Crippen LogP contribution in [0.15, 0.2) is 78.4 Å². The summed E-state index contributed by atoms with van der Waals surface area (Å²) in [7, 11) is 0. The molecule has 3 aromatic carbocycles. The molecule has 2 aliphatic heterocycles.